The van der Waals surface area contributed by atoms with E-state index in [2.05, 4.69) is 19.2 Å². The molecule has 0 fully saturated rings. The van der Waals surface area contributed by atoms with Crippen molar-refractivity contribution < 1.29 is 12.6 Å². The first-order chi connectivity index (χ1) is 6.55. The van der Waals surface area contributed by atoms with E-state index in [9.17, 15) is 8.42 Å². The Balaban J connectivity index is 2.89. The van der Waals surface area contributed by atoms with Crippen molar-refractivity contribution in [3.05, 3.63) is 36.9 Å². The third kappa shape index (κ3) is 3.08. The van der Waals surface area contributed by atoms with Crippen molar-refractivity contribution in [3.63, 3.8) is 0 Å². The Morgan fingerprint density at radius 1 is 1.43 bits per heavy atom. The zero-order valence-corrected chi connectivity index (χ0v) is 9.09. The van der Waals surface area contributed by atoms with E-state index in [1.807, 2.05) is 0 Å². The molecule has 0 bridgehead atoms. The molecule has 5 heteroatoms. The van der Waals surface area contributed by atoms with Gasteiger partial charge in [0.05, 0.1) is 0 Å². The highest BCUT2D eigenvalue weighted by atomic mass is 32.2. The Kier molecular flexibility index (Phi) is 3.60. The Morgan fingerprint density at radius 2 is 2.07 bits per heavy atom. The second-order valence-electron chi connectivity index (χ2n) is 2.56. The number of hydrogen-bond acceptors (Lipinski definition) is 4. The normalized spacial score (nSPS) is 10.9. The monoisotopic (exact) mass is 230 g/mol. The lowest BCUT2D eigenvalue weighted by Gasteiger charge is -2.06. The average Bonchev–Trinajstić information content (AvgIpc) is 2.08. The summed E-state index contributed by atoms with van der Waals surface area (Å²) in [5.41, 5.74) is 0. The van der Waals surface area contributed by atoms with Crippen molar-refractivity contribution in [2.75, 3.05) is 5.75 Å². The first kappa shape index (κ1) is 11.1. The van der Waals surface area contributed by atoms with E-state index < -0.39 is 10.1 Å². The zero-order chi connectivity index (χ0) is 10.6. The van der Waals surface area contributed by atoms with Crippen molar-refractivity contribution in [2.24, 2.45) is 0 Å². The van der Waals surface area contributed by atoms with Crippen LogP contribution in [0.25, 0.3) is 0 Å². The largest absolute Gasteiger partial charge is 0.381 e. The topological polar surface area (TPSA) is 43.4 Å². The fraction of sp³-hybridized carbons (Fsp3) is 0.111. The van der Waals surface area contributed by atoms with Gasteiger partial charge < -0.3 is 4.18 Å². The maximum Gasteiger partial charge on any atom is 0.312 e. The fourth-order valence-electron chi connectivity index (χ4n) is 0.843. The minimum atomic E-state index is -3.57. The van der Waals surface area contributed by atoms with Crippen LogP contribution in [0.2, 0.25) is 0 Å². The first-order valence-corrected chi connectivity index (χ1v) is 5.88. The van der Waals surface area contributed by atoms with Crippen molar-refractivity contribution in [1.29, 1.82) is 0 Å². The van der Waals surface area contributed by atoms with E-state index in [1.54, 1.807) is 24.3 Å². The van der Waals surface area contributed by atoms with Gasteiger partial charge in [0.1, 0.15) is 5.75 Å². The SMILES string of the molecule is C=CCS(=O)(=O)Oc1ccccc1S. The molecule has 3 nitrogen and oxygen atoms in total. The van der Waals surface area contributed by atoms with Crippen LogP contribution in [0.1, 0.15) is 0 Å². The zero-order valence-electron chi connectivity index (χ0n) is 7.38. The van der Waals surface area contributed by atoms with Gasteiger partial charge >= 0.3 is 10.1 Å². The molecule has 0 saturated heterocycles. The van der Waals surface area contributed by atoms with Crippen molar-refractivity contribution >= 4 is 22.7 Å². The van der Waals surface area contributed by atoms with E-state index in [1.165, 1.54) is 6.08 Å². The minimum absolute atomic E-state index is 0.213. The molecule has 1 rings (SSSR count). The van der Waals surface area contributed by atoms with Gasteiger partial charge in [-0.25, -0.2) is 0 Å². The predicted molar refractivity (Wildman–Crippen MR) is 58.3 cm³/mol. The van der Waals surface area contributed by atoms with Gasteiger partial charge in [-0.05, 0) is 12.1 Å². The number of hydrogen-bond donors (Lipinski definition) is 1. The molecule has 0 atom stereocenters. The maximum atomic E-state index is 11.2. The summed E-state index contributed by atoms with van der Waals surface area (Å²) in [6.45, 7) is 3.33. The minimum Gasteiger partial charge on any atom is -0.381 e. The van der Waals surface area contributed by atoms with Crippen molar-refractivity contribution in [2.45, 2.75) is 4.90 Å². The molecular weight excluding hydrogens is 220 g/mol. The van der Waals surface area contributed by atoms with E-state index in [-0.39, 0.29) is 11.5 Å². The third-order valence-corrected chi connectivity index (χ3v) is 2.85. The van der Waals surface area contributed by atoms with Gasteiger partial charge in [0.15, 0.2) is 5.75 Å². The lowest BCUT2D eigenvalue weighted by molar-refractivity contribution is 0.484. The number of benzene rings is 1. The molecule has 0 spiro atoms. The van der Waals surface area contributed by atoms with Crippen LogP contribution in [0.3, 0.4) is 0 Å². The van der Waals surface area contributed by atoms with Crippen LogP contribution >= 0.6 is 12.6 Å². The summed E-state index contributed by atoms with van der Waals surface area (Å²) in [5, 5.41) is 0. The molecule has 0 aliphatic carbocycles. The molecule has 0 amide bonds. The maximum absolute atomic E-state index is 11.2. The second-order valence-corrected chi connectivity index (χ2v) is 4.66. The highest BCUT2D eigenvalue weighted by Gasteiger charge is 2.11. The van der Waals surface area contributed by atoms with Gasteiger partial charge in [0.2, 0.25) is 0 Å². The molecule has 1 aromatic rings. The van der Waals surface area contributed by atoms with Crippen LogP contribution in [0.4, 0.5) is 0 Å². The summed E-state index contributed by atoms with van der Waals surface area (Å²) in [6, 6.07) is 6.62. The summed E-state index contributed by atoms with van der Waals surface area (Å²) >= 11 is 4.06. The molecule has 14 heavy (non-hydrogen) atoms. The van der Waals surface area contributed by atoms with E-state index in [0.29, 0.717) is 4.90 Å². The molecule has 0 saturated carbocycles. The van der Waals surface area contributed by atoms with E-state index in [4.69, 9.17) is 4.18 Å². The molecule has 76 valence electrons. The van der Waals surface area contributed by atoms with Crippen LogP contribution in [0.5, 0.6) is 5.75 Å². The Bertz CT molecular complexity index is 423. The van der Waals surface area contributed by atoms with Crippen LogP contribution in [-0.4, -0.2) is 14.2 Å². The lowest BCUT2D eigenvalue weighted by atomic mass is 10.3. The van der Waals surface area contributed by atoms with Crippen LogP contribution < -0.4 is 4.18 Å². The van der Waals surface area contributed by atoms with Crippen molar-refractivity contribution in [1.82, 2.24) is 0 Å². The summed E-state index contributed by atoms with van der Waals surface area (Å²) in [7, 11) is -3.57. The number of para-hydroxylation sites is 1. The smallest absolute Gasteiger partial charge is 0.312 e. The van der Waals surface area contributed by atoms with Crippen LogP contribution in [-0.2, 0) is 10.1 Å². The Morgan fingerprint density at radius 3 is 2.64 bits per heavy atom. The van der Waals surface area contributed by atoms with E-state index >= 15 is 0 Å². The first-order valence-electron chi connectivity index (χ1n) is 3.86. The molecule has 0 aliphatic rings. The predicted octanol–water partition coefficient (Wildman–Crippen LogP) is 1.87. The molecule has 0 N–H and O–H groups in total. The Labute approximate surface area is 88.9 Å². The van der Waals surface area contributed by atoms with Gasteiger partial charge in [0.25, 0.3) is 0 Å². The molecule has 0 unspecified atom stereocenters. The Hall–Kier alpha value is -0.940. The summed E-state index contributed by atoms with van der Waals surface area (Å²) < 4.78 is 27.2. The molecule has 0 heterocycles. The van der Waals surface area contributed by atoms with Gasteiger partial charge in [-0.15, -0.1) is 19.2 Å². The number of thiol groups is 1. The van der Waals surface area contributed by atoms with Gasteiger partial charge in [0, 0.05) is 4.90 Å². The molecule has 0 aromatic heterocycles. The van der Waals surface area contributed by atoms with E-state index in [0.717, 1.165) is 0 Å². The summed E-state index contributed by atoms with van der Waals surface area (Å²) in [5.74, 6) is 0.0208. The molecule has 0 aliphatic heterocycles. The molecular formula is C9H10O3S2. The van der Waals surface area contributed by atoms with Gasteiger partial charge in [-0.1, -0.05) is 18.2 Å². The van der Waals surface area contributed by atoms with Gasteiger partial charge in [-0.3, -0.25) is 0 Å². The second kappa shape index (κ2) is 4.52. The lowest BCUT2D eigenvalue weighted by Crippen LogP contribution is -2.12. The van der Waals surface area contributed by atoms with Crippen LogP contribution in [0, 0.1) is 0 Å². The molecule has 0 radical (unpaired) electrons. The fourth-order valence-corrected chi connectivity index (χ4v) is 1.89. The summed E-state index contributed by atoms with van der Waals surface area (Å²) in [6.07, 6.45) is 1.27. The average molecular weight is 230 g/mol. The van der Waals surface area contributed by atoms with Crippen molar-refractivity contribution in [3.8, 4) is 5.75 Å². The summed E-state index contributed by atoms with van der Waals surface area (Å²) in [4.78, 5) is 0.486. The quantitative estimate of drug-likeness (QED) is 0.488. The highest BCUT2D eigenvalue weighted by molar-refractivity contribution is 7.87. The highest BCUT2D eigenvalue weighted by Crippen LogP contribution is 2.22. The van der Waals surface area contributed by atoms with Gasteiger partial charge in [-0.2, -0.15) is 8.42 Å². The molecule has 1 aromatic carbocycles. The number of rotatable bonds is 4. The van der Waals surface area contributed by atoms with Crippen LogP contribution in [0.15, 0.2) is 41.8 Å². The standard InChI is InChI=1S/C9H10O3S2/c1-2-7-14(10,11)12-8-5-3-4-6-9(8)13/h2-6,13H,1,7H2. The third-order valence-electron chi connectivity index (χ3n) is 1.40.